The summed E-state index contributed by atoms with van der Waals surface area (Å²) in [4.78, 5) is 40.7. The Balaban J connectivity index is 1.91. The summed E-state index contributed by atoms with van der Waals surface area (Å²) in [5, 5.41) is 11.3. The van der Waals surface area contributed by atoms with Gasteiger partial charge in [0.2, 0.25) is 0 Å². The van der Waals surface area contributed by atoms with Gasteiger partial charge in [-0.05, 0) is 69.2 Å². The van der Waals surface area contributed by atoms with E-state index in [1.807, 2.05) is 38.1 Å². The molecule has 1 fully saturated rings. The van der Waals surface area contributed by atoms with Crippen molar-refractivity contribution in [3.8, 4) is 0 Å². The summed E-state index contributed by atoms with van der Waals surface area (Å²) in [5.74, 6) is -2.37. The topological polar surface area (TPSA) is 83.9 Å². The van der Waals surface area contributed by atoms with Crippen LogP contribution in [0.2, 0.25) is 0 Å². The van der Waals surface area contributed by atoms with Crippen molar-refractivity contribution in [2.24, 2.45) is 0 Å². The zero-order chi connectivity index (χ0) is 26.1. The van der Waals surface area contributed by atoms with Crippen LogP contribution >= 0.6 is 15.9 Å². The average molecular weight is 548 g/mol. The first-order valence-corrected chi connectivity index (χ1v) is 12.3. The highest BCUT2D eigenvalue weighted by Gasteiger charge is 2.47. The Morgan fingerprint density at radius 1 is 0.972 bits per heavy atom. The van der Waals surface area contributed by atoms with Crippen LogP contribution in [0.3, 0.4) is 0 Å². The minimum absolute atomic E-state index is 0.0116. The summed E-state index contributed by atoms with van der Waals surface area (Å²) >= 11 is 3.45. The predicted octanol–water partition coefficient (Wildman–Crippen LogP) is 6.26. The maximum atomic E-state index is 13.4. The minimum atomic E-state index is -0.884. The van der Waals surface area contributed by atoms with Gasteiger partial charge in [0.1, 0.15) is 5.76 Å². The zero-order valence-electron chi connectivity index (χ0n) is 20.4. The predicted molar refractivity (Wildman–Crippen MR) is 142 cm³/mol. The number of anilines is 1. The normalized spacial score (nSPS) is 17.1. The maximum Gasteiger partial charge on any atom is 0.338 e. The number of aliphatic hydroxyl groups excluding tert-OH is 1. The van der Waals surface area contributed by atoms with E-state index in [9.17, 15) is 19.5 Å². The molecule has 36 heavy (non-hydrogen) atoms. The first kappa shape index (κ1) is 25.4. The molecule has 0 aliphatic carbocycles. The second kappa shape index (κ2) is 10.1. The van der Waals surface area contributed by atoms with E-state index in [-0.39, 0.29) is 23.0 Å². The Kier molecular flexibility index (Phi) is 7.13. The molecule has 7 heteroatoms. The molecule has 0 spiro atoms. The van der Waals surface area contributed by atoms with E-state index in [0.29, 0.717) is 16.8 Å². The molecule has 1 amide bonds. The highest BCUT2D eigenvalue weighted by molar-refractivity contribution is 9.10. The third kappa shape index (κ3) is 4.84. The van der Waals surface area contributed by atoms with Gasteiger partial charge in [0.25, 0.3) is 11.7 Å². The van der Waals surface area contributed by atoms with Crippen LogP contribution in [0, 0.1) is 13.8 Å². The summed E-state index contributed by atoms with van der Waals surface area (Å²) in [6.07, 6.45) is -0.308. The number of hydrogen-bond acceptors (Lipinski definition) is 5. The van der Waals surface area contributed by atoms with Gasteiger partial charge in [0.15, 0.2) is 0 Å². The van der Waals surface area contributed by atoms with Crippen molar-refractivity contribution in [3.63, 3.8) is 0 Å². The van der Waals surface area contributed by atoms with Gasteiger partial charge >= 0.3 is 5.97 Å². The number of amides is 1. The van der Waals surface area contributed by atoms with Crippen LogP contribution in [0.4, 0.5) is 5.69 Å². The lowest BCUT2D eigenvalue weighted by Crippen LogP contribution is -2.29. The first-order valence-electron chi connectivity index (χ1n) is 11.5. The molecule has 1 unspecified atom stereocenters. The van der Waals surface area contributed by atoms with Crippen molar-refractivity contribution in [1.29, 1.82) is 0 Å². The fraction of sp³-hybridized carbons (Fsp3) is 0.207. The van der Waals surface area contributed by atoms with Gasteiger partial charge < -0.3 is 9.84 Å². The van der Waals surface area contributed by atoms with Crippen molar-refractivity contribution in [1.82, 2.24) is 0 Å². The second-order valence-corrected chi connectivity index (χ2v) is 9.91. The number of ether oxygens (including phenoxy) is 1. The number of Topliss-reactive ketones (excluding diaryl/α,β-unsaturated/α-hetero) is 1. The third-order valence-corrected chi connectivity index (χ3v) is 6.83. The molecule has 0 radical (unpaired) electrons. The second-order valence-electron chi connectivity index (χ2n) is 9.05. The number of benzene rings is 3. The van der Waals surface area contributed by atoms with Crippen LogP contribution in [-0.2, 0) is 14.3 Å². The van der Waals surface area contributed by atoms with Gasteiger partial charge in [-0.25, -0.2) is 4.79 Å². The van der Waals surface area contributed by atoms with Gasteiger partial charge in [-0.3, -0.25) is 14.5 Å². The maximum absolute atomic E-state index is 13.4. The Morgan fingerprint density at radius 2 is 1.69 bits per heavy atom. The molecule has 1 aliphatic rings. The number of aliphatic hydroxyl groups is 1. The smallest absolute Gasteiger partial charge is 0.338 e. The molecule has 1 saturated heterocycles. The van der Waals surface area contributed by atoms with Crippen molar-refractivity contribution in [2.45, 2.75) is 39.8 Å². The number of halogens is 1. The molecule has 1 atom stereocenters. The molecule has 6 nitrogen and oxygen atoms in total. The number of nitrogens with zero attached hydrogens (tertiary/aromatic N) is 1. The van der Waals surface area contributed by atoms with E-state index in [4.69, 9.17) is 4.74 Å². The van der Waals surface area contributed by atoms with Gasteiger partial charge in [0.05, 0.1) is 23.3 Å². The van der Waals surface area contributed by atoms with Gasteiger partial charge in [0, 0.05) is 15.7 Å². The van der Waals surface area contributed by atoms with Crippen LogP contribution in [0.15, 0.2) is 76.8 Å². The summed E-state index contributed by atoms with van der Waals surface area (Å²) in [7, 11) is 0. The summed E-state index contributed by atoms with van der Waals surface area (Å²) in [6, 6.07) is 18.2. The Morgan fingerprint density at radius 3 is 2.36 bits per heavy atom. The molecule has 4 rings (SSSR count). The lowest BCUT2D eigenvalue weighted by Gasteiger charge is -2.26. The molecular weight excluding hydrogens is 522 g/mol. The van der Waals surface area contributed by atoms with Gasteiger partial charge in [-0.15, -0.1) is 0 Å². The number of carbonyl (C=O) groups is 3. The fourth-order valence-corrected chi connectivity index (χ4v) is 4.51. The zero-order valence-corrected chi connectivity index (χ0v) is 22.0. The van der Waals surface area contributed by atoms with E-state index in [0.717, 1.165) is 15.6 Å². The number of aryl methyl sites for hydroxylation is 2. The Hall–Kier alpha value is -3.71. The molecule has 3 aromatic rings. The van der Waals surface area contributed by atoms with E-state index in [1.54, 1.807) is 50.2 Å². The largest absolute Gasteiger partial charge is 0.507 e. The summed E-state index contributed by atoms with van der Waals surface area (Å²) in [5.41, 5.74) is 3.51. The number of rotatable bonds is 5. The summed E-state index contributed by atoms with van der Waals surface area (Å²) in [6.45, 7) is 7.29. The van der Waals surface area contributed by atoms with E-state index < -0.39 is 23.7 Å². The number of hydrogen-bond donors (Lipinski definition) is 1. The van der Waals surface area contributed by atoms with Gasteiger partial charge in [-0.1, -0.05) is 57.9 Å². The van der Waals surface area contributed by atoms with Crippen LogP contribution < -0.4 is 4.90 Å². The number of esters is 1. The van der Waals surface area contributed by atoms with Crippen LogP contribution in [-0.4, -0.2) is 28.9 Å². The molecule has 1 heterocycles. The van der Waals surface area contributed by atoms with E-state index in [2.05, 4.69) is 15.9 Å². The molecule has 3 aromatic carbocycles. The van der Waals surface area contributed by atoms with E-state index >= 15 is 0 Å². The molecule has 0 saturated carbocycles. The van der Waals surface area contributed by atoms with Crippen molar-refractivity contribution in [3.05, 3.63) is 105 Å². The molecule has 1 aliphatic heterocycles. The standard InChI is InChI=1S/C29H26BrNO5/c1-16(2)36-29(35)21-9-6-10-22(15-21)31-25(19-8-5-7-17(3)13-19)24(27(33)28(31)34)26(32)20-11-12-23(30)18(4)14-20/h5-16,25,32H,1-4H3/b26-24+. The van der Waals surface area contributed by atoms with Crippen molar-refractivity contribution < 1.29 is 24.2 Å². The molecule has 184 valence electrons. The van der Waals surface area contributed by atoms with Crippen LogP contribution in [0.1, 0.15) is 52.5 Å². The first-order chi connectivity index (χ1) is 17.1. The highest BCUT2D eigenvalue weighted by atomic mass is 79.9. The quantitative estimate of drug-likeness (QED) is 0.176. The Bertz CT molecular complexity index is 1410. The lowest BCUT2D eigenvalue weighted by molar-refractivity contribution is -0.132. The van der Waals surface area contributed by atoms with Crippen molar-refractivity contribution in [2.75, 3.05) is 4.90 Å². The van der Waals surface area contributed by atoms with Crippen LogP contribution in [0.5, 0.6) is 0 Å². The number of ketones is 1. The average Bonchev–Trinajstić information content (AvgIpc) is 3.10. The SMILES string of the molecule is Cc1cccc(C2/C(=C(\O)c3ccc(Br)c(C)c3)C(=O)C(=O)N2c2cccc(C(=O)OC(C)C)c2)c1. The molecule has 0 bridgehead atoms. The minimum Gasteiger partial charge on any atom is -0.507 e. The molecule has 1 N–H and O–H groups in total. The van der Waals surface area contributed by atoms with Crippen molar-refractivity contribution >= 4 is 45.0 Å². The van der Waals surface area contributed by atoms with Crippen LogP contribution in [0.25, 0.3) is 5.76 Å². The summed E-state index contributed by atoms with van der Waals surface area (Å²) < 4.78 is 6.17. The monoisotopic (exact) mass is 547 g/mol. The number of carbonyl (C=O) groups excluding carboxylic acids is 3. The highest BCUT2D eigenvalue weighted by Crippen LogP contribution is 2.42. The third-order valence-electron chi connectivity index (χ3n) is 5.94. The Labute approximate surface area is 218 Å². The van der Waals surface area contributed by atoms with Gasteiger partial charge in [-0.2, -0.15) is 0 Å². The molecular formula is C29H26BrNO5. The lowest BCUT2D eigenvalue weighted by atomic mass is 9.94. The molecule has 0 aromatic heterocycles. The fourth-order valence-electron chi connectivity index (χ4n) is 4.27. The van der Waals surface area contributed by atoms with E-state index in [1.165, 1.54) is 11.0 Å².